The first-order valence-electron chi connectivity index (χ1n) is 15.3. The lowest BCUT2D eigenvalue weighted by Crippen LogP contribution is -2.31. The molecule has 1 fully saturated rings. The first kappa shape index (κ1) is 32.9. The van der Waals surface area contributed by atoms with Crippen molar-refractivity contribution in [3.05, 3.63) is 131 Å². The van der Waals surface area contributed by atoms with Gasteiger partial charge in [0.05, 0.1) is 34.9 Å². The molecule has 1 aliphatic rings. The maximum Gasteiger partial charge on any atom is 0.338 e. The summed E-state index contributed by atoms with van der Waals surface area (Å²) in [5.41, 5.74) is 5.04. The molecular formula is C39H29N3O6S. The lowest BCUT2D eigenvalue weighted by atomic mass is 9.99. The molecule has 2 heterocycles. The molecule has 1 unspecified atom stereocenters. The molecule has 0 aliphatic carbocycles. The number of carbonyl (C=O) groups is 4. The number of carbonyl (C=O) groups excluding carboxylic acids is 4. The fourth-order valence-corrected chi connectivity index (χ4v) is 6.48. The first-order valence-corrected chi connectivity index (χ1v) is 16.2. The van der Waals surface area contributed by atoms with E-state index >= 15 is 0 Å². The largest absolute Gasteiger partial charge is 0.497 e. The molecule has 2 amide bonds. The summed E-state index contributed by atoms with van der Waals surface area (Å²) in [7, 11) is 1.58. The average molecular weight is 668 g/mol. The highest BCUT2D eigenvalue weighted by atomic mass is 32.2. The molecule has 10 heteroatoms. The summed E-state index contributed by atoms with van der Waals surface area (Å²) in [6.07, 6.45) is -0.103. The van der Waals surface area contributed by atoms with Gasteiger partial charge >= 0.3 is 5.97 Å². The van der Waals surface area contributed by atoms with Crippen LogP contribution in [0.2, 0.25) is 0 Å². The van der Waals surface area contributed by atoms with Crippen LogP contribution in [0.4, 0.5) is 5.69 Å². The SMILES string of the molecule is COc1ccc(-c2cc(-c3ccccc3)nc(SC3CC(=O)N(c4ccc(C(=O)OCC(=O)c5ccc(C)cc5)cc4)C3=O)c2C#N)cc1. The van der Waals surface area contributed by atoms with Crippen LogP contribution in [-0.2, 0) is 14.3 Å². The van der Waals surface area contributed by atoms with E-state index in [0.717, 1.165) is 33.4 Å². The van der Waals surface area contributed by atoms with E-state index in [-0.39, 0.29) is 29.0 Å². The zero-order valence-corrected chi connectivity index (χ0v) is 27.4. The number of aromatic nitrogens is 1. The van der Waals surface area contributed by atoms with Crippen molar-refractivity contribution in [3.8, 4) is 34.2 Å². The number of pyridine rings is 1. The Morgan fingerprint density at radius 1 is 0.898 bits per heavy atom. The molecule has 9 nitrogen and oxygen atoms in total. The van der Waals surface area contributed by atoms with Gasteiger partial charge in [0.25, 0.3) is 0 Å². The van der Waals surface area contributed by atoms with Gasteiger partial charge in [-0.1, -0.05) is 84.1 Å². The number of aryl methyl sites for hydroxylation is 1. The molecule has 1 atom stereocenters. The van der Waals surface area contributed by atoms with Crippen LogP contribution in [0, 0.1) is 18.3 Å². The number of imide groups is 1. The molecule has 0 spiro atoms. The number of hydrogen-bond donors (Lipinski definition) is 0. The third-order valence-electron chi connectivity index (χ3n) is 8.00. The number of Topliss-reactive ketones (excluding diaryl/α,β-unsaturated/α-hetero) is 1. The Bertz CT molecular complexity index is 2090. The number of nitriles is 1. The molecular weight excluding hydrogens is 639 g/mol. The maximum atomic E-state index is 13.7. The van der Waals surface area contributed by atoms with Gasteiger partial charge < -0.3 is 9.47 Å². The Hall–Kier alpha value is -6.05. The van der Waals surface area contributed by atoms with Crippen molar-refractivity contribution in [1.29, 1.82) is 5.26 Å². The van der Waals surface area contributed by atoms with Crippen molar-refractivity contribution in [2.24, 2.45) is 0 Å². The minimum absolute atomic E-state index is 0.103. The molecule has 4 aromatic carbocycles. The quantitative estimate of drug-likeness (QED) is 0.0873. The minimum atomic E-state index is -0.834. The lowest BCUT2D eigenvalue weighted by Gasteiger charge is -2.16. The maximum absolute atomic E-state index is 13.7. The normalized spacial score (nSPS) is 14.0. The van der Waals surface area contributed by atoms with E-state index in [1.807, 2.05) is 55.5 Å². The van der Waals surface area contributed by atoms with Crippen LogP contribution in [0.15, 0.2) is 114 Å². The summed E-state index contributed by atoms with van der Waals surface area (Å²) in [5.74, 6) is -1.25. The smallest absolute Gasteiger partial charge is 0.338 e. The fraction of sp³-hybridized carbons (Fsp3) is 0.128. The number of methoxy groups -OCH3 is 1. The van der Waals surface area contributed by atoms with E-state index in [1.54, 1.807) is 43.5 Å². The summed E-state index contributed by atoms with van der Waals surface area (Å²) < 4.78 is 10.5. The van der Waals surface area contributed by atoms with Crippen molar-refractivity contribution >= 4 is 41.0 Å². The summed E-state index contributed by atoms with van der Waals surface area (Å²) in [4.78, 5) is 57.8. The van der Waals surface area contributed by atoms with Crippen LogP contribution in [0.25, 0.3) is 22.4 Å². The molecule has 242 valence electrons. The number of esters is 1. The van der Waals surface area contributed by atoms with E-state index in [0.29, 0.717) is 27.6 Å². The van der Waals surface area contributed by atoms with Crippen molar-refractivity contribution in [2.45, 2.75) is 23.6 Å². The monoisotopic (exact) mass is 667 g/mol. The van der Waals surface area contributed by atoms with Gasteiger partial charge in [-0.3, -0.25) is 14.4 Å². The second kappa shape index (κ2) is 14.4. The Balaban J connectivity index is 1.21. The molecule has 0 N–H and O–H groups in total. The zero-order chi connectivity index (χ0) is 34.5. The van der Waals surface area contributed by atoms with Crippen LogP contribution >= 0.6 is 11.8 Å². The topological polar surface area (TPSA) is 127 Å². The molecule has 6 rings (SSSR count). The molecule has 1 aromatic heterocycles. The molecule has 0 bridgehead atoms. The van der Waals surface area contributed by atoms with Gasteiger partial charge in [0.15, 0.2) is 12.4 Å². The number of amides is 2. The van der Waals surface area contributed by atoms with E-state index in [4.69, 9.17) is 14.5 Å². The van der Waals surface area contributed by atoms with Crippen molar-refractivity contribution in [3.63, 3.8) is 0 Å². The number of ketones is 1. The van der Waals surface area contributed by atoms with E-state index in [9.17, 15) is 24.4 Å². The molecule has 5 aromatic rings. The fourth-order valence-electron chi connectivity index (χ4n) is 5.36. The Kier molecular flexibility index (Phi) is 9.65. The van der Waals surface area contributed by atoms with E-state index < -0.39 is 29.6 Å². The number of benzene rings is 4. The minimum Gasteiger partial charge on any atom is -0.497 e. The third-order valence-corrected chi connectivity index (χ3v) is 9.17. The van der Waals surface area contributed by atoms with Gasteiger partial charge in [-0.25, -0.2) is 14.7 Å². The van der Waals surface area contributed by atoms with Crippen molar-refractivity contribution in [1.82, 2.24) is 4.98 Å². The highest BCUT2D eigenvalue weighted by Crippen LogP contribution is 2.39. The Morgan fingerprint density at radius 2 is 1.57 bits per heavy atom. The van der Waals surface area contributed by atoms with Crippen LogP contribution in [0.3, 0.4) is 0 Å². The van der Waals surface area contributed by atoms with Crippen molar-refractivity contribution < 1.29 is 28.7 Å². The standard InChI is InChI=1S/C39H29N3O6S/c1-24-8-10-27(11-9-24)34(43)23-48-39(46)28-12-16-29(17-13-28)42-36(44)21-35(38(42)45)49-37-32(22-40)31(25-14-18-30(47-2)19-15-25)20-33(41-37)26-6-4-3-5-7-26/h3-20,35H,21,23H2,1-2H3. The van der Waals surface area contributed by atoms with E-state index in [2.05, 4.69) is 6.07 Å². The van der Waals surface area contributed by atoms with Gasteiger partial charge in [0.1, 0.15) is 16.8 Å². The molecule has 1 saturated heterocycles. The van der Waals surface area contributed by atoms with Crippen LogP contribution in [0.5, 0.6) is 5.75 Å². The Labute approximate surface area is 287 Å². The molecule has 1 aliphatic heterocycles. The summed E-state index contributed by atoms with van der Waals surface area (Å²) >= 11 is 1.08. The zero-order valence-electron chi connectivity index (χ0n) is 26.6. The second-order valence-electron chi connectivity index (χ2n) is 11.2. The number of rotatable bonds is 10. The van der Waals surface area contributed by atoms with Crippen LogP contribution in [0.1, 0.15) is 38.3 Å². The highest BCUT2D eigenvalue weighted by Gasteiger charge is 2.41. The predicted molar refractivity (Wildman–Crippen MR) is 185 cm³/mol. The summed E-state index contributed by atoms with van der Waals surface area (Å²) in [6, 6.07) is 33.7. The summed E-state index contributed by atoms with van der Waals surface area (Å²) in [5, 5.41) is 9.81. The predicted octanol–water partition coefficient (Wildman–Crippen LogP) is 7.07. The van der Waals surface area contributed by atoms with Gasteiger partial charge in [0, 0.05) is 23.1 Å². The molecule has 49 heavy (non-hydrogen) atoms. The average Bonchev–Trinajstić information content (AvgIpc) is 3.42. The second-order valence-corrected chi connectivity index (χ2v) is 12.4. The number of hydrogen-bond acceptors (Lipinski definition) is 9. The third kappa shape index (κ3) is 7.12. The van der Waals surface area contributed by atoms with Gasteiger partial charge in [-0.05, 0) is 55.0 Å². The van der Waals surface area contributed by atoms with Crippen LogP contribution in [-0.4, -0.2) is 47.5 Å². The van der Waals surface area contributed by atoms with Gasteiger partial charge in [-0.2, -0.15) is 5.26 Å². The molecule has 0 radical (unpaired) electrons. The Morgan fingerprint density at radius 3 is 2.22 bits per heavy atom. The lowest BCUT2D eigenvalue weighted by molar-refractivity contribution is -0.121. The van der Waals surface area contributed by atoms with Crippen molar-refractivity contribution in [2.75, 3.05) is 18.6 Å². The van der Waals surface area contributed by atoms with Gasteiger partial charge in [0.2, 0.25) is 11.8 Å². The summed E-state index contributed by atoms with van der Waals surface area (Å²) in [6.45, 7) is 1.49. The van der Waals surface area contributed by atoms with E-state index in [1.165, 1.54) is 24.3 Å². The van der Waals surface area contributed by atoms with Crippen LogP contribution < -0.4 is 9.64 Å². The first-order chi connectivity index (χ1) is 23.7. The highest BCUT2D eigenvalue weighted by molar-refractivity contribution is 8.00. The van der Waals surface area contributed by atoms with Gasteiger partial charge in [-0.15, -0.1) is 0 Å². The molecule has 0 saturated carbocycles. The number of nitrogens with zero attached hydrogens (tertiary/aromatic N) is 3. The number of anilines is 1. The number of ether oxygens (including phenoxy) is 2. The number of thioether (sulfide) groups is 1.